The molecule has 0 unspecified atom stereocenters. The standard InChI is InChI=1S/C14H21F3N2S/c1-10(2)18-7-12-5-6-13(20-12)8-19(11-3-4-11)9-14(15,16)17/h5-6,10-11,18H,3-4,7-9H2,1-2H3. The minimum absolute atomic E-state index is 0.121. The highest BCUT2D eigenvalue weighted by atomic mass is 32.1. The molecule has 0 aromatic carbocycles. The highest BCUT2D eigenvalue weighted by Gasteiger charge is 2.38. The molecule has 1 fully saturated rings. The molecule has 0 atom stereocenters. The highest BCUT2D eigenvalue weighted by molar-refractivity contribution is 7.11. The maximum Gasteiger partial charge on any atom is 0.401 e. The van der Waals surface area contributed by atoms with E-state index >= 15 is 0 Å². The summed E-state index contributed by atoms with van der Waals surface area (Å²) in [6.45, 7) is 4.55. The van der Waals surface area contributed by atoms with Gasteiger partial charge in [-0.2, -0.15) is 13.2 Å². The fraction of sp³-hybridized carbons (Fsp3) is 0.714. The van der Waals surface area contributed by atoms with Crippen molar-refractivity contribution in [2.24, 2.45) is 0 Å². The van der Waals surface area contributed by atoms with E-state index in [-0.39, 0.29) is 6.04 Å². The molecule has 0 amide bonds. The van der Waals surface area contributed by atoms with Crippen LogP contribution in [0.2, 0.25) is 0 Å². The first-order chi connectivity index (χ1) is 9.33. The average Bonchev–Trinajstić information content (AvgIpc) is 3.06. The highest BCUT2D eigenvalue weighted by Crippen LogP contribution is 2.32. The van der Waals surface area contributed by atoms with Gasteiger partial charge in [-0.25, -0.2) is 0 Å². The van der Waals surface area contributed by atoms with Crippen molar-refractivity contribution in [3.63, 3.8) is 0 Å². The van der Waals surface area contributed by atoms with E-state index in [4.69, 9.17) is 0 Å². The maximum absolute atomic E-state index is 12.6. The van der Waals surface area contributed by atoms with Gasteiger partial charge >= 0.3 is 6.18 Å². The number of rotatable bonds is 7. The Morgan fingerprint density at radius 2 is 1.95 bits per heavy atom. The van der Waals surface area contributed by atoms with Crippen LogP contribution in [0, 0.1) is 0 Å². The van der Waals surface area contributed by atoms with Gasteiger partial charge in [0.2, 0.25) is 0 Å². The predicted molar refractivity (Wildman–Crippen MR) is 75.8 cm³/mol. The van der Waals surface area contributed by atoms with Crippen molar-refractivity contribution in [2.75, 3.05) is 6.54 Å². The quantitative estimate of drug-likeness (QED) is 0.825. The number of nitrogens with zero attached hydrogens (tertiary/aromatic N) is 1. The topological polar surface area (TPSA) is 15.3 Å². The summed E-state index contributed by atoms with van der Waals surface area (Å²) in [5.74, 6) is 0. The molecular weight excluding hydrogens is 285 g/mol. The molecule has 1 saturated carbocycles. The zero-order chi connectivity index (χ0) is 14.8. The van der Waals surface area contributed by atoms with E-state index in [0.717, 1.165) is 24.3 Å². The first kappa shape index (κ1) is 15.8. The predicted octanol–water partition coefficient (Wildman–Crippen LogP) is 3.77. The maximum atomic E-state index is 12.6. The Morgan fingerprint density at radius 1 is 1.30 bits per heavy atom. The van der Waals surface area contributed by atoms with Crippen molar-refractivity contribution in [2.45, 2.75) is 58.0 Å². The van der Waals surface area contributed by atoms with Crippen LogP contribution in [0.5, 0.6) is 0 Å². The lowest BCUT2D eigenvalue weighted by atomic mass is 10.3. The number of halogens is 3. The van der Waals surface area contributed by atoms with E-state index in [9.17, 15) is 13.2 Å². The van der Waals surface area contributed by atoms with Gasteiger partial charge in [0.25, 0.3) is 0 Å². The van der Waals surface area contributed by atoms with Crippen molar-refractivity contribution in [3.8, 4) is 0 Å². The number of alkyl halides is 3. The molecule has 6 heteroatoms. The lowest BCUT2D eigenvalue weighted by molar-refractivity contribution is -0.148. The van der Waals surface area contributed by atoms with Crippen LogP contribution in [0.1, 0.15) is 36.4 Å². The zero-order valence-electron chi connectivity index (χ0n) is 11.8. The van der Waals surface area contributed by atoms with Gasteiger partial charge in [-0.05, 0) is 25.0 Å². The lowest BCUT2D eigenvalue weighted by Gasteiger charge is -2.22. The summed E-state index contributed by atoms with van der Waals surface area (Å²) in [5.41, 5.74) is 0. The first-order valence-corrected chi connectivity index (χ1v) is 7.77. The molecule has 0 radical (unpaired) electrons. The molecular formula is C14H21F3N2S. The van der Waals surface area contributed by atoms with Crippen LogP contribution >= 0.6 is 11.3 Å². The van der Waals surface area contributed by atoms with E-state index in [1.165, 1.54) is 4.88 Å². The molecule has 2 nitrogen and oxygen atoms in total. The number of hydrogen-bond donors (Lipinski definition) is 1. The van der Waals surface area contributed by atoms with Crippen molar-refractivity contribution in [1.29, 1.82) is 0 Å². The smallest absolute Gasteiger partial charge is 0.310 e. The van der Waals surface area contributed by atoms with Gasteiger partial charge in [-0.3, -0.25) is 4.90 Å². The second-order valence-corrected chi connectivity index (χ2v) is 6.91. The second kappa shape index (κ2) is 6.45. The number of nitrogens with one attached hydrogen (secondary N) is 1. The Kier molecular flexibility index (Phi) is 5.09. The summed E-state index contributed by atoms with van der Waals surface area (Å²) in [6, 6.07) is 4.49. The third-order valence-corrected chi connectivity index (χ3v) is 4.28. The Bertz CT molecular complexity index is 424. The summed E-state index contributed by atoms with van der Waals surface area (Å²) < 4.78 is 37.7. The fourth-order valence-corrected chi connectivity index (χ4v) is 3.09. The van der Waals surface area contributed by atoms with Gasteiger partial charge in [-0.15, -0.1) is 11.3 Å². The van der Waals surface area contributed by atoms with Crippen molar-refractivity contribution in [1.82, 2.24) is 10.2 Å². The van der Waals surface area contributed by atoms with Crippen LogP contribution < -0.4 is 5.32 Å². The largest absolute Gasteiger partial charge is 0.401 e. The van der Waals surface area contributed by atoms with Crippen molar-refractivity contribution >= 4 is 11.3 Å². The molecule has 1 heterocycles. The van der Waals surface area contributed by atoms with Gasteiger partial charge < -0.3 is 5.32 Å². The Balaban J connectivity index is 1.90. The molecule has 1 aromatic heterocycles. The molecule has 1 N–H and O–H groups in total. The number of thiophene rings is 1. The van der Waals surface area contributed by atoms with Crippen LogP contribution in [-0.2, 0) is 13.1 Å². The summed E-state index contributed by atoms with van der Waals surface area (Å²) in [4.78, 5) is 3.75. The van der Waals surface area contributed by atoms with E-state index in [0.29, 0.717) is 12.6 Å². The SMILES string of the molecule is CC(C)NCc1ccc(CN(CC(F)(F)F)C2CC2)s1. The lowest BCUT2D eigenvalue weighted by Crippen LogP contribution is -2.35. The van der Waals surface area contributed by atoms with Crippen LogP contribution in [-0.4, -0.2) is 29.7 Å². The van der Waals surface area contributed by atoms with Crippen LogP contribution in [0.25, 0.3) is 0 Å². The molecule has 0 bridgehead atoms. The minimum Gasteiger partial charge on any atom is -0.310 e. The van der Waals surface area contributed by atoms with Crippen molar-refractivity contribution in [3.05, 3.63) is 21.9 Å². The normalized spacial score (nSPS) is 16.4. The molecule has 1 aliphatic rings. The van der Waals surface area contributed by atoms with Gasteiger partial charge in [0, 0.05) is 34.9 Å². The van der Waals surface area contributed by atoms with Crippen LogP contribution in [0.4, 0.5) is 13.2 Å². The zero-order valence-corrected chi connectivity index (χ0v) is 12.7. The first-order valence-electron chi connectivity index (χ1n) is 6.95. The summed E-state index contributed by atoms with van der Waals surface area (Å²) >= 11 is 1.60. The monoisotopic (exact) mass is 306 g/mol. The molecule has 1 aromatic rings. The molecule has 2 rings (SSSR count). The minimum atomic E-state index is -4.11. The Hall–Kier alpha value is -0.590. The second-order valence-electron chi connectivity index (χ2n) is 5.65. The van der Waals surface area contributed by atoms with Crippen LogP contribution in [0.15, 0.2) is 12.1 Å². The van der Waals surface area contributed by atoms with Gasteiger partial charge in [0.05, 0.1) is 6.54 Å². The Morgan fingerprint density at radius 3 is 2.50 bits per heavy atom. The summed E-state index contributed by atoms with van der Waals surface area (Å²) in [7, 11) is 0. The Labute approximate surface area is 122 Å². The third kappa shape index (κ3) is 5.42. The van der Waals surface area contributed by atoms with E-state index in [2.05, 4.69) is 19.2 Å². The molecule has 0 spiro atoms. The van der Waals surface area contributed by atoms with Crippen molar-refractivity contribution < 1.29 is 13.2 Å². The molecule has 0 saturated heterocycles. The summed E-state index contributed by atoms with van der Waals surface area (Å²) in [6.07, 6.45) is -2.33. The van der Waals surface area contributed by atoms with E-state index in [1.807, 2.05) is 12.1 Å². The summed E-state index contributed by atoms with van der Waals surface area (Å²) in [5, 5.41) is 3.32. The van der Waals surface area contributed by atoms with Gasteiger partial charge in [0.1, 0.15) is 0 Å². The van der Waals surface area contributed by atoms with Gasteiger partial charge in [0.15, 0.2) is 0 Å². The average molecular weight is 306 g/mol. The molecule has 114 valence electrons. The third-order valence-electron chi connectivity index (χ3n) is 3.21. The van der Waals surface area contributed by atoms with Crippen LogP contribution in [0.3, 0.4) is 0 Å². The molecule has 20 heavy (non-hydrogen) atoms. The van der Waals surface area contributed by atoms with Gasteiger partial charge in [-0.1, -0.05) is 13.8 Å². The van der Waals surface area contributed by atoms with E-state index in [1.54, 1.807) is 16.2 Å². The molecule has 1 aliphatic carbocycles. The van der Waals surface area contributed by atoms with E-state index < -0.39 is 12.7 Å². The molecule has 0 aliphatic heterocycles. The number of hydrogen-bond acceptors (Lipinski definition) is 3. The fourth-order valence-electron chi connectivity index (χ4n) is 2.09.